The van der Waals surface area contributed by atoms with E-state index < -0.39 is 44.6 Å². The number of para-hydroxylation sites is 1. The van der Waals surface area contributed by atoms with Crippen molar-refractivity contribution in [3.63, 3.8) is 0 Å². The topological polar surface area (TPSA) is 245 Å². The molecule has 8 rings (SSSR count). The number of hydrogen-bond acceptors (Lipinski definition) is 17. The third kappa shape index (κ3) is 13.7. The number of rotatable bonds is 19. The van der Waals surface area contributed by atoms with Crippen molar-refractivity contribution < 1.29 is 37.4 Å². The lowest BCUT2D eigenvalue weighted by molar-refractivity contribution is -0.144. The van der Waals surface area contributed by atoms with Gasteiger partial charge < -0.3 is 45.8 Å². The Hall–Kier alpha value is -6.75. The number of carbonyl (C=O) groups excluding carboxylic acids is 4. The van der Waals surface area contributed by atoms with Crippen molar-refractivity contribution in [2.45, 2.75) is 128 Å². The van der Waals surface area contributed by atoms with Gasteiger partial charge in [-0.25, -0.2) is 23.4 Å². The minimum Gasteiger partial charge on any atom is -0.494 e. The summed E-state index contributed by atoms with van der Waals surface area (Å²) in [4.78, 5) is 81.3. The molecule has 3 aliphatic heterocycles. The van der Waals surface area contributed by atoms with Crippen LogP contribution in [0.1, 0.15) is 90.0 Å². The van der Waals surface area contributed by atoms with Crippen LogP contribution >= 0.6 is 11.3 Å². The molecule has 5 N–H and O–H groups in total. The third-order valence-electron chi connectivity index (χ3n) is 14.9. The first kappa shape index (κ1) is 57.4. The number of ether oxygens (including phenoxy) is 1. The molecular weight excluding hydrogens is 1030 g/mol. The quantitative estimate of drug-likeness (QED) is 0.0602. The van der Waals surface area contributed by atoms with E-state index in [1.54, 1.807) is 56.6 Å². The molecule has 3 aromatic carbocycles. The lowest BCUT2D eigenvalue weighted by Gasteiger charge is -2.43. The number of anilines is 5. The predicted molar refractivity (Wildman–Crippen MR) is 302 cm³/mol. The average molecular weight is 1110 g/mol. The van der Waals surface area contributed by atoms with E-state index in [4.69, 9.17) is 4.74 Å². The van der Waals surface area contributed by atoms with Crippen molar-refractivity contribution in [2.75, 3.05) is 68.5 Å². The van der Waals surface area contributed by atoms with E-state index in [1.165, 1.54) is 11.2 Å². The molecule has 418 valence electrons. The van der Waals surface area contributed by atoms with Gasteiger partial charge in [-0.2, -0.15) is 4.98 Å². The molecule has 5 aromatic rings. The second-order valence-electron chi connectivity index (χ2n) is 21.7. The minimum absolute atomic E-state index is 0.00179. The fraction of sp³-hybridized carbons (Fsp3) is 0.500. The number of aliphatic hydroxyl groups is 1. The van der Waals surface area contributed by atoms with E-state index in [-0.39, 0.29) is 66.9 Å². The summed E-state index contributed by atoms with van der Waals surface area (Å²) < 4.78 is 31.9. The molecule has 3 atom stereocenters. The van der Waals surface area contributed by atoms with Gasteiger partial charge in [0.25, 0.3) is 0 Å². The lowest BCUT2D eigenvalue weighted by Crippen LogP contribution is -2.57. The highest BCUT2D eigenvalue weighted by molar-refractivity contribution is 7.92. The van der Waals surface area contributed by atoms with Crippen LogP contribution in [0.3, 0.4) is 0 Å². The largest absolute Gasteiger partial charge is 0.494 e. The Balaban J connectivity index is 0.768. The normalized spacial score (nSPS) is 17.9. The van der Waals surface area contributed by atoms with Crippen molar-refractivity contribution in [1.29, 1.82) is 0 Å². The average Bonchev–Trinajstić information content (AvgIpc) is 4.09. The second kappa shape index (κ2) is 24.9. The number of methoxy groups -OCH3 is 1. The zero-order valence-electron chi connectivity index (χ0n) is 45.9. The summed E-state index contributed by atoms with van der Waals surface area (Å²) in [6.45, 7) is 17.5. The SMILES string of the molecule is COc1cc(N2CCC(N3CCN(C(=O)CCCC(=O)N[C@H](C(=O)N4C[C@H](O)C[C@H]4C(=O)NCc4ccc(-c5scnc5C)cc4)C(C)(C)C)CC3)CC2)c(C)cc1Nc1ncnc(Nc2ccccc2S(=O)(=O)C(C)C)n1. The van der Waals surface area contributed by atoms with Gasteiger partial charge >= 0.3 is 0 Å². The number of hydrogen-bond donors (Lipinski definition) is 5. The van der Waals surface area contributed by atoms with E-state index in [2.05, 4.69) is 57.9 Å². The van der Waals surface area contributed by atoms with Gasteiger partial charge in [0, 0.05) is 89.4 Å². The number of piperazine rings is 1. The number of nitrogens with one attached hydrogen (secondary N) is 4. The number of thiazole rings is 1. The van der Waals surface area contributed by atoms with Crippen LogP contribution in [0, 0.1) is 19.3 Å². The summed E-state index contributed by atoms with van der Waals surface area (Å²) in [7, 11) is -1.95. The number of β-amino-alcohol motifs (C(OH)–C–C–N with tert-alkyl or cyclic N) is 1. The first-order chi connectivity index (χ1) is 37.2. The summed E-state index contributed by atoms with van der Waals surface area (Å²) in [6.07, 6.45) is 3.08. The fourth-order valence-electron chi connectivity index (χ4n) is 10.4. The van der Waals surface area contributed by atoms with E-state index in [1.807, 2.05) is 74.5 Å². The van der Waals surface area contributed by atoms with Gasteiger partial charge in [0.15, 0.2) is 9.84 Å². The molecule has 0 saturated carbocycles. The van der Waals surface area contributed by atoms with E-state index in [0.717, 1.165) is 72.0 Å². The molecule has 0 aliphatic carbocycles. The molecule has 78 heavy (non-hydrogen) atoms. The first-order valence-corrected chi connectivity index (χ1v) is 29.2. The van der Waals surface area contributed by atoms with Crippen LogP contribution in [0.2, 0.25) is 0 Å². The predicted octanol–water partition coefficient (Wildman–Crippen LogP) is 6.38. The van der Waals surface area contributed by atoms with Crippen LogP contribution in [0.4, 0.5) is 29.0 Å². The number of aryl methyl sites for hydroxylation is 2. The molecule has 3 aliphatic rings. The molecule has 4 amide bonds. The Morgan fingerprint density at radius 3 is 2.19 bits per heavy atom. The van der Waals surface area contributed by atoms with E-state index in [0.29, 0.717) is 42.7 Å². The fourth-order valence-corrected chi connectivity index (χ4v) is 12.4. The molecule has 0 unspecified atom stereocenters. The number of benzene rings is 3. The van der Waals surface area contributed by atoms with Crippen molar-refractivity contribution in [3.8, 4) is 16.2 Å². The van der Waals surface area contributed by atoms with Crippen LogP contribution in [-0.2, 0) is 35.6 Å². The summed E-state index contributed by atoms with van der Waals surface area (Å²) in [6, 6.07) is 17.1. The number of sulfone groups is 1. The van der Waals surface area contributed by atoms with Gasteiger partial charge in [-0.15, -0.1) is 11.3 Å². The van der Waals surface area contributed by atoms with Gasteiger partial charge in [-0.05, 0) is 87.3 Å². The molecule has 3 fully saturated rings. The molecule has 20 nitrogen and oxygen atoms in total. The Labute approximate surface area is 461 Å². The molecule has 3 saturated heterocycles. The van der Waals surface area contributed by atoms with Crippen molar-refractivity contribution in [1.82, 2.24) is 45.3 Å². The molecule has 0 spiro atoms. The molecular formula is C56H74N12O8S2. The molecule has 0 bridgehead atoms. The number of carbonyl (C=O) groups is 4. The number of nitrogens with zero attached hydrogens (tertiary/aromatic N) is 8. The molecule has 0 radical (unpaired) electrons. The summed E-state index contributed by atoms with van der Waals surface area (Å²) >= 11 is 1.57. The standard InChI is InChI=1S/C56H74N12O8S2/c1-35(2)78(74,75)47-13-10-9-12-42(47)61-54-58-33-59-55(64-54)62-43-28-36(3)44(30-46(43)76-8)66-22-20-40(21-23-66)65-24-26-67(27-25-65)49(71)15-11-14-48(70)63-51(56(5,6)7)53(73)68-32-41(69)29-45(68)52(72)57-31-38-16-18-39(19-17-38)50-37(4)60-34-77-50/h9-10,12-13,16-19,28,30,33-35,40-41,45,51,69H,11,14-15,20-27,29,31-32H2,1-8H3,(H,57,72)(H,63,70)(H2,58,59,61,62,64)/t41-,45+,51-/m1/s1. The maximum absolute atomic E-state index is 14.2. The van der Waals surface area contributed by atoms with Gasteiger partial charge in [0.1, 0.15) is 24.2 Å². The number of aromatic nitrogens is 4. The number of piperidine rings is 1. The van der Waals surface area contributed by atoms with Gasteiger partial charge in [-0.1, -0.05) is 57.2 Å². The lowest BCUT2D eigenvalue weighted by atomic mass is 9.85. The van der Waals surface area contributed by atoms with Crippen molar-refractivity contribution in [2.24, 2.45) is 5.41 Å². The van der Waals surface area contributed by atoms with Crippen LogP contribution in [0.25, 0.3) is 10.4 Å². The number of likely N-dealkylation sites (tertiary alicyclic amines) is 1. The zero-order valence-corrected chi connectivity index (χ0v) is 47.5. The maximum Gasteiger partial charge on any atom is 0.246 e. The van der Waals surface area contributed by atoms with Crippen molar-refractivity contribution in [3.05, 3.63) is 89.3 Å². The monoisotopic (exact) mass is 1110 g/mol. The van der Waals surface area contributed by atoms with Crippen LogP contribution in [-0.4, -0.2) is 154 Å². The van der Waals surface area contributed by atoms with Gasteiger partial charge in [0.05, 0.1) is 50.8 Å². The summed E-state index contributed by atoms with van der Waals surface area (Å²) in [5.74, 6) is -0.105. The van der Waals surface area contributed by atoms with Crippen LogP contribution in [0.5, 0.6) is 5.75 Å². The van der Waals surface area contributed by atoms with Crippen LogP contribution in [0.15, 0.2) is 77.4 Å². The number of amides is 4. The van der Waals surface area contributed by atoms with Gasteiger partial charge in [-0.3, -0.25) is 24.1 Å². The molecule has 22 heteroatoms. The summed E-state index contributed by atoms with van der Waals surface area (Å²) in [5, 5.41) is 22.2. The van der Waals surface area contributed by atoms with E-state index >= 15 is 0 Å². The van der Waals surface area contributed by atoms with Gasteiger partial charge in [0.2, 0.25) is 35.5 Å². The Morgan fingerprint density at radius 2 is 1.55 bits per heavy atom. The molecule has 2 aromatic heterocycles. The highest BCUT2D eigenvalue weighted by Gasteiger charge is 2.44. The Kier molecular flexibility index (Phi) is 18.4. The molecule has 5 heterocycles. The maximum atomic E-state index is 14.2. The smallest absolute Gasteiger partial charge is 0.246 e. The highest BCUT2D eigenvalue weighted by atomic mass is 32.2. The third-order valence-corrected chi connectivity index (χ3v) is 18.1. The summed E-state index contributed by atoms with van der Waals surface area (Å²) in [5.41, 5.74) is 7.15. The highest BCUT2D eigenvalue weighted by Crippen LogP contribution is 2.37. The van der Waals surface area contributed by atoms with E-state index in [9.17, 15) is 32.7 Å². The zero-order chi connectivity index (χ0) is 55.9. The first-order valence-electron chi connectivity index (χ1n) is 26.8. The van der Waals surface area contributed by atoms with Crippen molar-refractivity contribution >= 4 is 73.8 Å². The Morgan fingerprint density at radius 1 is 0.872 bits per heavy atom. The minimum atomic E-state index is -3.57. The second-order valence-corrected chi connectivity index (χ2v) is 25.1. The van der Waals surface area contributed by atoms with Crippen LogP contribution < -0.4 is 30.9 Å². The number of aliphatic hydroxyl groups excluding tert-OH is 1. The Bertz CT molecular complexity index is 3040.